The molecule has 1 amide bonds. The number of benzene rings is 1. The van der Waals surface area contributed by atoms with Crippen LogP contribution in [0.2, 0.25) is 10.0 Å². The minimum atomic E-state index is 0.0502. The fourth-order valence-corrected chi connectivity index (χ4v) is 2.58. The number of nitrogens with zero attached hydrogens (tertiary/aromatic N) is 2. The number of amides is 1. The fourth-order valence-electron chi connectivity index (χ4n) is 2.17. The van der Waals surface area contributed by atoms with E-state index in [1.165, 1.54) is 0 Å². The summed E-state index contributed by atoms with van der Waals surface area (Å²) in [5.41, 5.74) is 0.966. The van der Waals surface area contributed by atoms with Crippen molar-refractivity contribution in [3.05, 3.63) is 28.2 Å². The Morgan fingerprint density at radius 3 is 2.58 bits per heavy atom. The van der Waals surface area contributed by atoms with Gasteiger partial charge in [-0.1, -0.05) is 29.3 Å². The second-order valence-corrected chi connectivity index (χ2v) is 5.29. The van der Waals surface area contributed by atoms with Crippen LogP contribution in [0.3, 0.4) is 0 Å². The molecule has 0 saturated carbocycles. The third kappa shape index (κ3) is 3.53. The molecule has 6 heteroatoms. The van der Waals surface area contributed by atoms with Crippen LogP contribution in [0.15, 0.2) is 18.2 Å². The lowest BCUT2D eigenvalue weighted by Crippen LogP contribution is -2.49. The number of likely N-dealkylation sites (N-methyl/N-ethyl adjacent to an activating group) is 1. The number of halogens is 2. The van der Waals surface area contributed by atoms with Gasteiger partial charge >= 0.3 is 0 Å². The Labute approximate surface area is 123 Å². The van der Waals surface area contributed by atoms with Crippen molar-refractivity contribution in [3.63, 3.8) is 0 Å². The number of hydrogen-bond acceptors (Lipinski definition) is 3. The highest BCUT2D eigenvalue weighted by atomic mass is 35.5. The largest absolute Gasteiger partial charge is 0.368 e. The summed E-state index contributed by atoms with van der Waals surface area (Å²) in [7, 11) is 1.66. The van der Waals surface area contributed by atoms with Gasteiger partial charge in [0.25, 0.3) is 0 Å². The van der Waals surface area contributed by atoms with E-state index >= 15 is 0 Å². The molecule has 19 heavy (non-hydrogen) atoms. The van der Waals surface area contributed by atoms with Crippen LogP contribution in [0.5, 0.6) is 0 Å². The maximum absolute atomic E-state index is 11.3. The standard InChI is InChI=1S/C13H17Cl2N3O/c1-16-12(19)9-17-5-7-18(8-6-17)11-4-2-3-10(14)13(11)15/h2-4H,5-9H2,1H3,(H,16,19). The van der Waals surface area contributed by atoms with Crippen molar-refractivity contribution in [2.45, 2.75) is 0 Å². The van der Waals surface area contributed by atoms with Gasteiger partial charge in [0.1, 0.15) is 0 Å². The van der Waals surface area contributed by atoms with Crippen LogP contribution in [-0.2, 0) is 4.79 Å². The van der Waals surface area contributed by atoms with E-state index in [9.17, 15) is 4.79 Å². The summed E-state index contributed by atoms with van der Waals surface area (Å²) >= 11 is 12.2. The number of anilines is 1. The molecule has 1 N–H and O–H groups in total. The zero-order valence-corrected chi connectivity index (χ0v) is 12.3. The number of carbonyl (C=O) groups is 1. The summed E-state index contributed by atoms with van der Waals surface area (Å²) in [6.07, 6.45) is 0. The normalized spacial score (nSPS) is 16.5. The molecule has 1 fully saturated rings. The molecule has 1 aliphatic rings. The molecule has 104 valence electrons. The van der Waals surface area contributed by atoms with Crippen molar-refractivity contribution in [3.8, 4) is 0 Å². The van der Waals surface area contributed by atoms with Gasteiger partial charge in [0.05, 0.1) is 22.3 Å². The number of nitrogens with one attached hydrogen (secondary N) is 1. The third-order valence-corrected chi connectivity index (χ3v) is 4.10. The van der Waals surface area contributed by atoms with Crippen LogP contribution in [0, 0.1) is 0 Å². The Balaban J connectivity index is 1.96. The predicted molar refractivity (Wildman–Crippen MR) is 79.2 cm³/mol. The highest BCUT2D eigenvalue weighted by molar-refractivity contribution is 6.43. The van der Waals surface area contributed by atoms with Crippen LogP contribution in [0.4, 0.5) is 5.69 Å². The molecule has 1 aliphatic heterocycles. The summed E-state index contributed by atoms with van der Waals surface area (Å²) in [5.74, 6) is 0.0502. The number of hydrogen-bond donors (Lipinski definition) is 1. The first kappa shape index (κ1) is 14.4. The molecule has 0 bridgehead atoms. The molecule has 0 unspecified atom stereocenters. The van der Waals surface area contributed by atoms with Gasteiger partial charge in [0, 0.05) is 33.2 Å². The molecule has 0 spiro atoms. The Morgan fingerprint density at radius 1 is 1.26 bits per heavy atom. The van der Waals surface area contributed by atoms with E-state index in [0.717, 1.165) is 31.9 Å². The SMILES string of the molecule is CNC(=O)CN1CCN(c2cccc(Cl)c2Cl)CC1. The van der Waals surface area contributed by atoms with E-state index in [1.807, 2.05) is 12.1 Å². The van der Waals surface area contributed by atoms with Gasteiger partial charge in [-0.25, -0.2) is 0 Å². The predicted octanol–water partition coefficient (Wildman–Crippen LogP) is 1.86. The van der Waals surface area contributed by atoms with Crippen molar-refractivity contribution in [1.82, 2.24) is 10.2 Å². The Kier molecular flexibility index (Phi) is 4.91. The van der Waals surface area contributed by atoms with E-state index in [0.29, 0.717) is 16.6 Å². The molecule has 1 aromatic rings. The highest BCUT2D eigenvalue weighted by Crippen LogP contribution is 2.32. The van der Waals surface area contributed by atoms with E-state index in [4.69, 9.17) is 23.2 Å². The lowest BCUT2D eigenvalue weighted by molar-refractivity contribution is -0.121. The van der Waals surface area contributed by atoms with Crippen molar-refractivity contribution < 1.29 is 4.79 Å². The number of carbonyl (C=O) groups excluding carboxylic acids is 1. The van der Waals surface area contributed by atoms with Crippen molar-refractivity contribution in [2.75, 3.05) is 44.7 Å². The van der Waals surface area contributed by atoms with Gasteiger partial charge < -0.3 is 10.2 Å². The van der Waals surface area contributed by atoms with Gasteiger partial charge in [-0.2, -0.15) is 0 Å². The topological polar surface area (TPSA) is 35.6 Å². The van der Waals surface area contributed by atoms with Gasteiger partial charge in [-0.3, -0.25) is 9.69 Å². The number of rotatable bonds is 3. The lowest BCUT2D eigenvalue weighted by atomic mass is 10.2. The van der Waals surface area contributed by atoms with Crippen LogP contribution >= 0.6 is 23.2 Å². The lowest BCUT2D eigenvalue weighted by Gasteiger charge is -2.36. The van der Waals surface area contributed by atoms with Crippen LogP contribution in [0.25, 0.3) is 0 Å². The molecular weight excluding hydrogens is 285 g/mol. The average molecular weight is 302 g/mol. The minimum absolute atomic E-state index is 0.0502. The molecule has 0 aromatic heterocycles. The minimum Gasteiger partial charge on any atom is -0.368 e. The van der Waals surface area contributed by atoms with Crippen LogP contribution in [0.1, 0.15) is 0 Å². The molecule has 0 radical (unpaired) electrons. The first-order valence-corrected chi connectivity index (χ1v) is 6.99. The van der Waals surface area contributed by atoms with Crippen molar-refractivity contribution in [1.29, 1.82) is 0 Å². The first-order chi connectivity index (χ1) is 9.11. The van der Waals surface area contributed by atoms with Gasteiger partial charge in [0.2, 0.25) is 5.91 Å². The quantitative estimate of drug-likeness (QED) is 0.926. The monoisotopic (exact) mass is 301 g/mol. The van der Waals surface area contributed by atoms with Crippen molar-refractivity contribution in [2.24, 2.45) is 0 Å². The fraction of sp³-hybridized carbons (Fsp3) is 0.462. The summed E-state index contributed by atoms with van der Waals surface area (Å²) in [4.78, 5) is 15.7. The van der Waals surface area contributed by atoms with E-state index in [2.05, 4.69) is 15.1 Å². The first-order valence-electron chi connectivity index (χ1n) is 6.23. The van der Waals surface area contributed by atoms with Gasteiger partial charge in [-0.05, 0) is 12.1 Å². The second kappa shape index (κ2) is 6.46. The maximum atomic E-state index is 11.3. The Bertz CT molecular complexity index is 459. The van der Waals surface area contributed by atoms with Gasteiger partial charge in [-0.15, -0.1) is 0 Å². The van der Waals surface area contributed by atoms with Crippen molar-refractivity contribution >= 4 is 34.8 Å². The van der Waals surface area contributed by atoms with E-state index in [1.54, 1.807) is 13.1 Å². The molecule has 1 saturated heterocycles. The second-order valence-electron chi connectivity index (χ2n) is 4.51. The van der Waals surface area contributed by atoms with E-state index in [-0.39, 0.29) is 5.91 Å². The summed E-state index contributed by atoms with van der Waals surface area (Å²) in [5, 5.41) is 3.82. The molecule has 2 rings (SSSR count). The number of piperazine rings is 1. The highest BCUT2D eigenvalue weighted by Gasteiger charge is 2.20. The zero-order valence-electron chi connectivity index (χ0n) is 10.8. The summed E-state index contributed by atoms with van der Waals surface area (Å²) in [6.45, 7) is 3.83. The third-order valence-electron chi connectivity index (χ3n) is 3.29. The summed E-state index contributed by atoms with van der Waals surface area (Å²) in [6, 6.07) is 5.66. The molecule has 0 aliphatic carbocycles. The smallest absolute Gasteiger partial charge is 0.233 e. The Morgan fingerprint density at radius 2 is 1.95 bits per heavy atom. The molecular formula is C13H17Cl2N3O. The summed E-state index contributed by atoms with van der Waals surface area (Å²) < 4.78 is 0. The molecule has 4 nitrogen and oxygen atoms in total. The van der Waals surface area contributed by atoms with Crippen LogP contribution in [-0.4, -0.2) is 50.6 Å². The van der Waals surface area contributed by atoms with Crippen LogP contribution < -0.4 is 10.2 Å². The molecule has 1 heterocycles. The van der Waals surface area contributed by atoms with E-state index < -0.39 is 0 Å². The average Bonchev–Trinajstić information content (AvgIpc) is 2.43. The molecule has 0 atom stereocenters. The van der Waals surface area contributed by atoms with Gasteiger partial charge in [0.15, 0.2) is 0 Å². The Hall–Kier alpha value is -0.970. The zero-order chi connectivity index (χ0) is 13.8. The molecule has 1 aromatic carbocycles. The maximum Gasteiger partial charge on any atom is 0.233 e.